The van der Waals surface area contributed by atoms with Crippen LogP contribution in [-0.4, -0.2) is 12.1 Å². The van der Waals surface area contributed by atoms with Crippen LogP contribution < -0.4 is 9.47 Å². The van der Waals surface area contributed by atoms with Crippen LogP contribution in [0.15, 0.2) is 48.5 Å². The monoisotopic (exact) mass is 347 g/mol. The van der Waals surface area contributed by atoms with E-state index in [9.17, 15) is 13.2 Å². The summed E-state index contributed by atoms with van der Waals surface area (Å²) in [5, 5.41) is 0.789. The van der Waals surface area contributed by atoms with E-state index in [-0.39, 0.29) is 6.61 Å². The van der Waals surface area contributed by atoms with Gasteiger partial charge >= 0.3 is 6.18 Å². The van der Waals surface area contributed by atoms with Crippen LogP contribution in [0.2, 0.25) is 0 Å². The smallest absolute Gasteiger partial charge is 0.416 e. The van der Waals surface area contributed by atoms with E-state index in [1.165, 1.54) is 12.1 Å². The van der Waals surface area contributed by atoms with Crippen molar-refractivity contribution in [2.24, 2.45) is 0 Å². The van der Waals surface area contributed by atoms with E-state index in [0.717, 1.165) is 28.7 Å². The van der Waals surface area contributed by atoms with Crippen LogP contribution in [0.3, 0.4) is 0 Å². The summed E-state index contributed by atoms with van der Waals surface area (Å²) in [6.07, 6.45) is -4.34. The molecule has 25 heavy (non-hydrogen) atoms. The number of pyridine rings is 1. The lowest BCUT2D eigenvalue weighted by molar-refractivity contribution is -0.137. The molecule has 0 aliphatic rings. The molecule has 0 amide bonds. The van der Waals surface area contributed by atoms with Gasteiger partial charge in [0, 0.05) is 17.1 Å². The number of halogens is 3. The van der Waals surface area contributed by atoms with E-state index in [2.05, 4.69) is 4.98 Å². The minimum Gasteiger partial charge on any atom is -0.497 e. The maximum absolute atomic E-state index is 12.6. The van der Waals surface area contributed by atoms with E-state index in [0.29, 0.717) is 17.1 Å². The van der Waals surface area contributed by atoms with Crippen molar-refractivity contribution in [3.8, 4) is 11.5 Å². The summed E-state index contributed by atoms with van der Waals surface area (Å²) in [4.78, 5) is 4.44. The Kier molecular flexibility index (Phi) is 4.53. The van der Waals surface area contributed by atoms with E-state index >= 15 is 0 Å². The van der Waals surface area contributed by atoms with Crippen molar-refractivity contribution in [2.45, 2.75) is 19.7 Å². The second-order valence-corrected chi connectivity index (χ2v) is 5.63. The van der Waals surface area contributed by atoms with Gasteiger partial charge in [-0.2, -0.15) is 13.2 Å². The van der Waals surface area contributed by atoms with Crippen molar-refractivity contribution < 1.29 is 22.6 Å². The summed E-state index contributed by atoms with van der Waals surface area (Å²) in [7, 11) is 1.57. The summed E-state index contributed by atoms with van der Waals surface area (Å²) in [5.41, 5.74) is 1.54. The highest BCUT2D eigenvalue weighted by Crippen LogP contribution is 2.31. The average Bonchev–Trinajstić information content (AvgIpc) is 2.58. The first-order chi connectivity index (χ1) is 11.9. The minimum absolute atomic E-state index is 0.161. The van der Waals surface area contributed by atoms with Gasteiger partial charge in [0.15, 0.2) is 0 Å². The lowest BCUT2D eigenvalue weighted by Crippen LogP contribution is -2.05. The molecule has 3 nitrogen and oxygen atoms in total. The Bertz CT molecular complexity index is 890. The third kappa shape index (κ3) is 3.84. The Hall–Kier alpha value is -2.76. The fraction of sp³-hybridized carbons (Fsp3) is 0.211. The number of benzene rings is 2. The predicted molar refractivity (Wildman–Crippen MR) is 88.8 cm³/mol. The van der Waals surface area contributed by atoms with Crippen LogP contribution >= 0.6 is 0 Å². The number of hydrogen-bond acceptors (Lipinski definition) is 3. The van der Waals surface area contributed by atoms with Crippen LogP contribution in [0.5, 0.6) is 11.5 Å². The molecule has 0 N–H and O–H groups in total. The molecule has 0 atom stereocenters. The Balaban J connectivity index is 1.85. The van der Waals surface area contributed by atoms with Crippen molar-refractivity contribution in [1.29, 1.82) is 0 Å². The molecule has 0 fully saturated rings. The standard InChI is InChI=1S/C19H16F3NO2/c1-12-9-18(16-10-15(24-2)7-8-17(16)23-12)25-11-13-3-5-14(6-4-13)19(20,21)22/h3-10H,11H2,1-2H3. The van der Waals surface area contributed by atoms with Gasteiger partial charge in [0.2, 0.25) is 0 Å². The molecule has 0 bridgehead atoms. The lowest BCUT2D eigenvalue weighted by Gasteiger charge is -2.12. The van der Waals surface area contributed by atoms with Gasteiger partial charge in [0.1, 0.15) is 18.1 Å². The summed E-state index contributed by atoms with van der Waals surface area (Å²) in [6.45, 7) is 2.02. The normalized spacial score (nSPS) is 11.6. The number of hydrogen-bond donors (Lipinski definition) is 0. The molecule has 3 rings (SSSR count). The van der Waals surface area contributed by atoms with Crippen LogP contribution in [-0.2, 0) is 12.8 Å². The third-order valence-corrected chi connectivity index (χ3v) is 3.78. The SMILES string of the molecule is COc1ccc2nc(C)cc(OCc3ccc(C(F)(F)F)cc3)c2c1. The Morgan fingerprint density at radius 1 is 1.00 bits per heavy atom. The van der Waals surface area contributed by atoms with Crippen LogP contribution in [0.25, 0.3) is 10.9 Å². The molecule has 0 aliphatic carbocycles. The van der Waals surface area contributed by atoms with Gasteiger partial charge in [-0.05, 0) is 42.8 Å². The molecule has 1 aromatic heterocycles. The van der Waals surface area contributed by atoms with Gasteiger partial charge < -0.3 is 9.47 Å². The van der Waals surface area contributed by atoms with Gasteiger partial charge in [-0.3, -0.25) is 4.98 Å². The molecule has 2 aromatic carbocycles. The third-order valence-electron chi connectivity index (χ3n) is 3.78. The molecule has 6 heteroatoms. The number of rotatable bonds is 4. The Labute approximate surface area is 143 Å². The molecule has 0 aliphatic heterocycles. The number of nitrogens with zero attached hydrogens (tertiary/aromatic N) is 1. The highest BCUT2D eigenvalue weighted by Gasteiger charge is 2.29. The number of aryl methyl sites for hydroxylation is 1. The second-order valence-electron chi connectivity index (χ2n) is 5.63. The largest absolute Gasteiger partial charge is 0.497 e. The first kappa shape index (κ1) is 17.1. The summed E-state index contributed by atoms with van der Waals surface area (Å²) in [6, 6.07) is 12.2. The summed E-state index contributed by atoms with van der Waals surface area (Å²) in [5.74, 6) is 1.29. The molecule has 0 saturated heterocycles. The maximum atomic E-state index is 12.6. The average molecular weight is 347 g/mol. The van der Waals surface area contributed by atoms with Crippen LogP contribution in [0, 0.1) is 6.92 Å². The number of aromatic nitrogens is 1. The fourth-order valence-corrected chi connectivity index (χ4v) is 2.50. The fourth-order valence-electron chi connectivity index (χ4n) is 2.50. The minimum atomic E-state index is -4.34. The summed E-state index contributed by atoms with van der Waals surface area (Å²) < 4.78 is 48.9. The highest BCUT2D eigenvalue weighted by molar-refractivity contribution is 5.86. The lowest BCUT2D eigenvalue weighted by atomic mass is 10.1. The molecule has 1 heterocycles. The maximum Gasteiger partial charge on any atom is 0.416 e. The van der Waals surface area contributed by atoms with E-state index in [1.54, 1.807) is 13.2 Å². The van der Waals surface area contributed by atoms with Crippen LogP contribution in [0.4, 0.5) is 13.2 Å². The van der Waals surface area contributed by atoms with Crippen molar-refractivity contribution in [1.82, 2.24) is 4.98 Å². The zero-order valence-electron chi connectivity index (χ0n) is 13.7. The van der Waals surface area contributed by atoms with Gasteiger partial charge in [-0.15, -0.1) is 0 Å². The number of ether oxygens (including phenoxy) is 2. The van der Waals surface area contributed by atoms with Gasteiger partial charge in [0.05, 0.1) is 18.2 Å². The molecule has 0 saturated carbocycles. The molecule has 0 spiro atoms. The van der Waals surface area contributed by atoms with Gasteiger partial charge in [0.25, 0.3) is 0 Å². The predicted octanol–water partition coefficient (Wildman–Crippen LogP) is 5.15. The van der Waals surface area contributed by atoms with Crippen LogP contribution in [0.1, 0.15) is 16.8 Å². The zero-order valence-corrected chi connectivity index (χ0v) is 13.7. The highest BCUT2D eigenvalue weighted by atomic mass is 19.4. The van der Waals surface area contributed by atoms with Crippen molar-refractivity contribution in [3.63, 3.8) is 0 Å². The Morgan fingerprint density at radius 3 is 2.36 bits per heavy atom. The first-order valence-corrected chi connectivity index (χ1v) is 7.61. The molecule has 3 aromatic rings. The van der Waals surface area contributed by atoms with Gasteiger partial charge in [-0.25, -0.2) is 0 Å². The topological polar surface area (TPSA) is 31.4 Å². The number of fused-ring (bicyclic) bond motifs is 1. The second kappa shape index (κ2) is 6.63. The van der Waals surface area contributed by atoms with Crippen molar-refractivity contribution in [3.05, 3.63) is 65.4 Å². The zero-order chi connectivity index (χ0) is 18.0. The van der Waals surface area contributed by atoms with E-state index in [4.69, 9.17) is 9.47 Å². The van der Waals surface area contributed by atoms with Crippen molar-refractivity contribution >= 4 is 10.9 Å². The Morgan fingerprint density at radius 2 is 1.72 bits per heavy atom. The molecular weight excluding hydrogens is 331 g/mol. The van der Waals surface area contributed by atoms with E-state index in [1.807, 2.05) is 25.1 Å². The molecule has 0 unspecified atom stereocenters. The molecule has 130 valence electrons. The van der Waals surface area contributed by atoms with E-state index < -0.39 is 11.7 Å². The number of alkyl halides is 3. The van der Waals surface area contributed by atoms with Gasteiger partial charge in [-0.1, -0.05) is 12.1 Å². The summed E-state index contributed by atoms with van der Waals surface area (Å²) >= 11 is 0. The van der Waals surface area contributed by atoms with Crippen molar-refractivity contribution in [2.75, 3.05) is 7.11 Å². The quantitative estimate of drug-likeness (QED) is 0.654. The molecular formula is C19H16F3NO2. The molecule has 0 radical (unpaired) electrons. The first-order valence-electron chi connectivity index (χ1n) is 7.61. The number of methoxy groups -OCH3 is 1.